The molecule has 0 unspecified atom stereocenters. The number of hydrogen-bond donors (Lipinski definition) is 2. The zero-order valence-corrected chi connectivity index (χ0v) is 8.62. The molecular formula is C10H9N3OS. The largest absolute Gasteiger partial charge is 0.399 e. The van der Waals surface area contributed by atoms with Crippen LogP contribution in [0.1, 0.15) is 9.67 Å². The van der Waals surface area contributed by atoms with Gasteiger partial charge in [-0.2, -0.15) is 0 Å². The minimum Gasteiger partial charge on any atom is -0.399 e. The Morgan fingerprint density at radius 2 is 2.20 bits per heavy atom. The van der Waals surface area contributed by atoms with E-state index in [2.05, 4.69) is 4.98 Å². The van der Waals surface area contributed by atoms with Gasteiger partial charge in [0.25, 0.3) is 5.91 Å². The van der Waals surface area contributed by atoms with Crippen molar-refractivity contribution in [2.24, 2.45) is 5.73 Å². The summed E-state index contributed by atoms with van der Waals surface area (Å²) < 4.78 is 0. The Morgan fingerprint density at radius 3 is 2.80 bits per heavy atom. The molecule has 76 valence electrons. The Labute approximate surface area is 90.6 Å². The molecule has 4 N–H and O–H groups in total. The predicted molar refractivity (Wildman–Crippen MR) is 60.5 cm³/mol. The highest BCUT2D eigenvalue weighted by molar-refractivity contribution is 7.16. The van der Waals surface area contributed by atoms with Gasteiger partial charge in [0.15, 0.2) is 0 Å². The van der Waals surface area contributed by atoms with Crippen LogP contribution in [0.2, 0.25) is 0 Å². The Bertz CT molecular complexity index is 507. The summed E-state index contributed by atoms with van der Waals surface area (Å²) in [6.45, 7) is 0. The zero-order chi connectivity index (χ0) is 10.8. The van der Waals surface area contributed by atoms with E-state index in [1.807, 2.05) is 18.2 Å². The second-order valence-corrected chi connectivity index (χ2v) is 4.05. The number of anilines is 1. The molecule has 5 heteroatoms. The van der Waals surface area contributed by atoms with Crippen molar-refractivity contribution >= 4 is 22.9 Å². The van der Waals surface area contributed by atoms with E-state index in [9.17, 15) is 4.79 Å². The fourth-order valence-electron chi connectivity index (χ4n) is 1.19. The van der Waals surface area contributed by atoms with Crippen LogP contribution in [-0.2, 0) is 0 Å². The fourth-order valence-corrected chi connectivity index (χ4v) is 1.96. The molecule has 4 nitrogen and oxygen atoms in total. The van der Waals surface area contributed by atoms with Gasteiger partial charge in [-0.25, -0.2) is 4.98 Å². The maximum atomic E-state index is 10.9. The highest BCUT2D eigenvalue weighted by Gasteiger charge is 2.08. The second kappa shape index (κ2) is 3.70. The highest BCUT2D eigenvalue weighted by Crippen LogP contribution is 2.25. The topological polar surface area (TPSA) is 82.0 Å². The Hall–Kier alpha value is -1.88. The molecular weight excluding hydrogens is 210 g/mol. The molecule has 2 aromatic rings. The van der Waals surface area contributed by atoms with Crippen LogP contribution in [0.4, 0.5) is 5.69 Å². The van der Waals surface area contributed by atoms with Crippen molar-refractivity contribution in [2.45, 2.75) is 0 Å². The van der Waals surface area contributed by atoms with Gasteiger partial charge in [0.2, 0.25) is 0 Å². The number of carbonyl (C=O) groups is 1. The molecule has 0 spiro atoms. The van der Waals surface area contributed by atoms with Gasteiger partial charge in [-0.15, -0.1) is 11.3 Å². The van der Waals surface area contributed by atoms with E-state index >= 15 is 0 Å². The highest BCUT2D eigenvalue weighted by atomic mass is 32.1. The van der Waals surface area contributed by atoms with Crippen LogP contribution in [0.5, 0.6) is 0 Å². The van der Waals surface area contributed by atoms with E-state index in [1.165, 1.54) is 17.5 Å². The Balaban J connectivity index is 2.41. The monoisotopic (exact) mass is 219 g/mol. The quantitative estimate of drug-likeness (QED) is 0.751. The molecule has 2 rings (SSSR count). The molecule has 0 bridgehead atoms. The van der Waals surface area contributed by atoms with Gasteiger partial charge in [0, 0.05) is 11.3 Å². The van der Waals surface area contributed by atoms with Crippen molar-refractivity contribution in [3.63, 3.8) is 0 Å². The van der Waals surface area contributed by atoms with Crippen LogP contribution in [0.3, 0.4) is 0 Å². The summed E-state index contributed by atoms with van der Waals surface area (Å²) >= 11 is 1.26. The average molecular weight is 219 g/mol. The summed E-state index contributed by atoms with van der Waals surface area (Å²) in [6.07, 6.45) is 1.48. The summed E-state index contributed by atoms with van der Waals surface area (Å²) in [4.78, 5) is 15.4. The number of benzene rings is 1. The minimum atomic E-state index is -0.456. The van der Waals surface area contributed by atoms with Gasteiger partial charge in [-0.3, -0.25) is 4.79 Å². The number of primary amides is 1. The van der Waals surface area contributed by atoms with E-state index in [0.717, 1.165) is 10.6 Å². The van der Waals surface area contributed by atoms with E-state index in [1.54, 1.807) is 6.07 Å². The first-order chi connectivity index (χ1) is 7.16. The van der Waals surface area contributed by atoms with Crippen molar-refractivity contribution in [3.05, 3.63) is 35.3 Å². The molecule has 0 radical (unpaired) electrons. The lowest BCUT2D eigenvalue weighted by Gasteiger charge is -1.96. The number of nitrogen functional groups attached to an aromatic ring is 1. The van der Waals surface area contributed by atoms with Crippen molar-refractivity contribution < 1.29 is 4.79 Å². The molecule has 15 heavy (non-hydrogen) atoms. The molecule has 0 saturated heterocycles. The van der Waals surface area contributed by atoms with Crippen LogP contribution >= 0.6 is 11.3 Å². The first-order valence-electron chi connectivity index (χ1n) is 4.28. The number of nitrogens with two attached hydrogens (primary N) is 2. The summed E-state index contributed by atoms with van der Waals surface area (Å²) in [5.41, 5.74) is 12.4. The number of amides is 1. The van der Waals surface area contributed by atoms with Gasteiger partial charge >= 0.3 is 0 Å². The molecule has 0 aliphatic carbocycles. The van der Waals surface area contributed by atoms with Crippen molar-refractivity contribution in [3.8, 4) is 10.6 Å². The van der Waals surface area contributed by atoms with Crippen LogP contribution in [0.25, 0.3) is 10.6 Å². The third kappa shape index (κ3) is 1.97. The number of thiazole rings is 1. The van der Waals surface area contributed by atoms with Gasteiger partial charge in [-0.05, 0) is 12.1 Å². The lowest BCUT2D eigenvalue weighted by atomic mass is 10.2. The van der Waals surface area contributed by atoms with Crippen LogP contribution in [-0.4, -0.2) is 10.9 Å². The lowest BCUT2D eigenvalue weighted by molar-refractivity contribution is 0.100. The van der Waals surface area contributed by atoms with Crippen LogP contribution in [0, 0.1) is 0 Å². The standard InChI is InChI=1S/C10H9N3OS/c11-7-3-1-2-6(4-7)10-13-5-8(15-10)9(12)14/h1-5H,11H2,(H2,12,14). The number of carbonyl (C=O) groups excluding carboxylic acids is 1. The SMILES string of the molecule is NC(=O)c1cnc(-c2cccc(N)c2)s1. The molecule has 0 saturated carbocycles. The number of hydrogen-bond acceptors (Lipinski definition) is 4. The number of aromatic nitrogens is 1. The second-order valence-electron chi connectivity index (χ2n) is 3.02. The van der Waals surface area contributed by atoms with Crippen molar-refractivity contribution in [1.82, 2.24) is 4.98 Å². The van der Waals surface area contributed by atoms with Gasteiger partial charge < -0.3 is 11.5 Å². The van der Waals surface area contributed by atoms with Gasteiger partial charge in [0.1, 0.15) is 9.88 Å². The molecule has 0 aliphatic heterocycles. The third-order valence-electron chi connectivity index (χ3n) is 1.88. The Morgan fingerprint density at radius 1 is 1.40 bits per heavy atom. The Kier molecular flexibility index (Phi) is 2.39. The number of nitrogens with zero attached hydrogens (tertiary/aromatic N) is 1. The lowest BCUT2D eigenvalue weighted by Crippen LogP contribution is -2.08. The van der Waals surface area contributed by atoms with Crippen molar-refractivity contribution in [1.29, 1.82) is 0 Å². The molecule has 1 heterocycles. The van der Waals surface area contributed by atoms with Crippen LogP contribution < -0.4 is 11.5 Å². The van der Waals surface area contributed by atoms with Gasteiger partial charge in [0.05, 0.1) is 6.20 Å². The minimum absolute atomic E-state index is 0.451. The first-order valence-corrected chi connectivity index (χ1v) is 5.10. The summed E-state index contributed by atoms with van der Waals surface area (Å²) in [7, 11) is 0. The first kappa shape index (κ1) is 9.67. The predicted octanol–water partition coefficient (Wildman–Crippen LogP) is 1.49. The maximum Gasteiger partial charge on any atom is 0.260 e. The summed E-state index contributed by atoms with van der Waals surface area (Å²) in [5.74, 6) is -0.456. The molecule has 1 aromatic heterocycles. The normalized spacial score (nSPS) is 10.1. The van der Waals surface area contributed by atoms with Crippen molar-refractivity contribution in [2.75, 3.05) is 5.73 Å². The van der Waals surface area contributed by atoms with E-state index < -0.39 is 5.91 Å². The molecule has 0 atom stereocenters. The molecule has 1 amide bonds. The molecule has 0 aliphatic rings. The van der Waals surface area contributed by atoms with E-state index in [-0.39, 0.29) is 0 Å². The van der Waals surface area contributed by atoms with E-state index in [4.69, 9.17) is 11.5 Å². The summed E-state index contributed by atoms with van der Waals surface area (Å²) in [5, 5.41) is 0.746. The summed E-state index contributed by atoms with van der Waals surface area (Å²) in [6, 6.07) is 7.34. The van der Waals surface area contributed by atoms with Crippen LogP contribution in [0.15, 0.2) is 30.5 Å². The average Bonchev–Trinajstić information content (AvgIpc) is 2.66. The van der Waals surface area contributed by atoms with E-state index in [0.29, 0.717) is 10.6 Å². The maximum absolute atomic E-state index is 10.9. The smallest absolute Gasteiger partial charge is 0.260 e. The molecule has 0 fully saturated rings. The molecule has 1 aromatic carbocycles. The third-order valence-corrected chi connectivity index (χ3v) is 2.94. The van der Waals surface area contributed by atoms with Gasteiger partial charge in [-0.1, -0.05) is 12.1 Å². The fraction of sp³-hybridized carbons (Fsp3) is 0. The number of rotatable bonds is 2. The zero-order valence-electron chi connectivity index (χ0n) is 7.81.